The second kappa shape index (κ2) is 12.9. The Kier molecular flexibility index (Phi) is 11.2. The molecule has 0 bridgehead atoms. The van der Waals surface area contributed by atoms with Crippen molar-refractivity contribution in [2.24, 2.45) is 11.7 Å². The van der Waals surface area contributed by atoms with Gasteiger partial charge in [-0.1, -0.05) is 6.42 Å². The molecule has 34 heavy (non-hydrogen) atoms. The maximum atomic E-state index is 12.2. The number of ether oxygens (including phenoxy) is 1. The van der Waals surface area contributed by atoms with Gasteiger partial charge in [-0.15, -0.1) is 0 Å². The normalized spacial score (nSPS) is 25.8. The Morgan fingerprint density at radius 2 is 2.00 bits per heavy atom. The van der Waals surface area contributed by atoms with E-state index in [9.17, 15) is 24.5 Å². The third-order valence-corrected chi connectivity index (χ3v) is 6.94. The second-order valence-electron chi connectivity index (χ2n) is 7.55. The van der Waals surface area contributed by atoms with Crippen LogP contribution in [0.25, 0.3) is 0 Å². The van der Waals surface area contributed by atoms with Crippen LogP contribution in [0.3, 0.4) is 0 Å². The second-order valence-corrected chi connectivity index (χ2v) is 11.6. The van der Waals surface area contributed by atoms with Gasteiger partial charge in [0.1, 0.15) is 24.1 Å². The lowest BCUT2D eigenvalue weighted by Crippen LogP contribution is -2.37. The van der Waals surface area contributed by atoms with Crippen LogP contribution in [0.4, 0.5) is 5.82 Å². The highest BCUT2D eigenvalue weighted by Crippen LogP contribution is 2.49. The van der Waals surface area contributed by atoms with Crippen LogP contribution in [0.1, 0.15) is 25.5 Å². The molecule has 196 valence electrons. The van der Waals surface area contributed by atoms with E-state index in [0.29, 0.717) is 13.0 Å². The average Bonchev–Trinajstić information content (AvgIpc) is 3.03. The Morgan fingerprint density at radius 3 is 2.59 bits per heavy atom. The molecule has 1 aromatic heterocycles. The Labute approximate surface area is 200 Å². The smallest absolute Gasteiger partial charge is 0.396 e. The minimum Gasteiger partial charge on any atom is -0.396 e. The highest BCUT2D eigenvalue weighted by molar-refractivity contribution is 8.07. The number of phosphoric ester groups is 1. The first-order valence-corrected chi connectivity index (χ1v) is 14.3. The number of nitrogens with zero attached hydrogens (tertiary/aromatic N) is 2. The van der Waals surface area contributed by atoms with Gasteiger partial charge in [0.25, 0.3) is 0 Å². The summed E-state index contributed by atoms with van der Waals surface area (Å²) in [5, 5.41) is 20.3. The molecule has 15 nitrogen and oxygen atoms in total. The summed E-state index contributed by atoms with van der Waals surface area (Å²) in [6.45, 7) is -4.70. The van der Waals surface area contributed by atoms with Crippen molar-refractivity contribution < 1.29 is 47.8 Å². The summed E-state index contributed by atoms with van der Waals surface area (Å²) < 4.78 is 32.7. The van der Waals surface area contributed by atoms with Crippen LogP contribution in [0.15, 0.2) is 17.1 Å². The maximum Gasteiger partial charge on any atom is 0.469 e. The monoisotopic (exact) mass is 548 g/mol. The number of rotatable bonds is 14. The fourth-order valence-electron chi connectivity index (χ4n) is 3.19. The molecule has 0 aliphatic carbocycles. The predicted octanol–water partition coefficient (Wildman–Crippen LogP) is -1.45. The van der Waals surface area contributed by atoms with Crippen LogP contribution >= 0.6 is 14.5 Å². The van der Waals surface area contributed by atoms with Crippen LogP contribution in [0.5, 0.6) is 0 Å². The zero-order valence-corrected chi connectivity index (χ0v) is 20.6. The highest BCUT2D eigenvalue weighted by Gasteiger charge is 2.49. The lowest BCUT2D eigenvalue weighted by atomic mass is 10.0. The van der Waals surface area contributed by atoms with Crippen molar-refractivity contribution in [3.05, 3.63) is 22.7 Å². The fraction of sp³-hybridized carbons (Fsp3) is 0.750. The van der Waals surface area contributed by atoms with Crippen molar-refractivity contribution in [3.8, 4) is 0 Å². The number of hydrogen-bond donors (Lipinski definition) is 7. The van der Waals surface area contributed by atoms with Gasteiger partial charge >= 0.3 is 20.2 Å². The van der Waals surface area contributed by atoms with Gasteiger partial charge in [0.2, 0.25) is 0 Å². The summed E-state index contributed by atoms with van der Waals surface area (Å²) in [4.78, 5) is 44.3. The maximum absolute atomic E-state index is 12.2. The standard InChI is InChI=1S/C16H30N4O11P2S/c17-5-2-1-3-10(7-21)8-29-33(27,34)31-14-11(9-28-32(24,25)26)30-15(13(14)22)20-6-4-12(18)19-16(20)23/h4,6,10-11,13-15,21-22H,1-3,5,7-9,17H2,(H,27,34)(H2,18,19,23)(H2,24,25,26)/t10?,11?,13?,14?,15-,33?/m1/s1. The van der Waals surface area contributed by atoms with Crippen LogP contribution in [-0.4, -0.2) is 79.1 Å². The molecule has 18 heteroatoms. The Bertz CT molecular complexity index is 948. The fourth-order valence-corrected chi connectivity index (χ4v) is 5.04. The number of aromatic nitrogens is 2. The van der Waals surface area contributed by atoms with Crippen molar-refractivity contribution >= 4 is 32.2 Å². The van der Waals surface area contributed by atoms with E-state index in [0.717, 1.165) is 17.4 Å². The minimum absolute atomic E-state index is 0.0768. The van der Waals surface area contributed by atoms with Crippen molar-refractivity contribution in [1.82, 2.24) is 9.55 Å². The molecule has 6 atom stereocenters. The van der Waals surface area contributed by atoms with Gasteiger partial charge in [-0.05, 0) is 37.3 Å². The molecule has 1 aromatic rings. The molecule has 2 heterocycles. The van der Waals surface area contributed by atoms with E-state index in [1.165, 1.54) is 12.3 Å². The van der Waals surface area contributed by atoms with E-state index in [4.69, 9.17) is 46.8 Å². The average molecular weight is 548 g/mol. The van der Waals surface area contributed by atoms with Crippen molar-refractivity contribution in [3.63, 3.8) is 0 Å². The number of aliphatic hydroxyl groups is 2. The molecule has 1 fully saturated rings. The zero-order valence-electron chi connectivity index (χ0n) is 18.0. The molecule has 5 unspecified atom stereocenters. The molecule has 0 aromatic carbocycles. The van der Waals surface area contributed by atoms with E-state index in [1.807, 2.05) is 0 Å². The highest BCUT2D eigenvalue weighted by atomic mass is 32.5. The Balaban J connectivity index is 2.16. The van der Waals surface area contributed by atoms with E-state index in [1.54, 1.807) is 0 Å². The largest absolute Gasteiger partial charge is 0.469 e. The summed E-state index contributed by atoms with van der Waals surface area (Å²) in [6.07, 6.45) is -2.71. The van der Waals surface area contributed by atoms with Gasteiger partial charge in [0, 0.05) is 18.7 Å². The summed E-state index contributed by atoms with van der Waals surface area (Å²) >= 11 is 5.01. The molecular weight excluding hydrogens is 518 g/mol. The lowest BCUT2D eigenvalue weighted by Gasteiger charge is -2.26. The quantitative estimate of drug-likeness (QED) is 0.104. The minimum atomic E-state index is -4.93. The Morgan fingerprint density at radius 1 is 1.29 bits per heavy atom. The molecule has 1 aliphatic rings. The summed E-state index contributed by atoms with van der Waals surface area (Å²) in [6, 6.07) is 1.27. The first kappa shape index (κ1) is 29.4. The van der Waals surface area contributed by atoms with Crippen molar-refractivity contribution in [2.75, 3.05) is 32.1 Å². The van der Waals surface area contributed by atoms with Gasteiger partial charge in [0.15, 0.2) is 6.23 Å². The van der Waals surface area contributed by atoms with Crippen LogP contribution < -0.4 is 17.2 Å². The van der Waals surface area contributed by atoms with Gasteiger partial charge in [-0.2, -0.15) is 4.98 Å². The number of unbranched alkanes of at least 4 members (excludes halogenated alkanes) is 1. The van der Waals surface area contributed by atoms with E-state index >= 15 is 0 Å². The number of nitrogens with two attached hydrogens (primary N) is 2. The first-order valence-electron chi connectivity index (χ1n) is 10.2. The molecule has 0 amide bonds. The zero-order chi connectivity index (χ0) is 25.5. The molecule has 1 saturated heterocycles. The number of anilines is 1. The number of hydrogen-bond acceptors (Lipinski definition) is 12. The van der Waals surface area contributed by atoms with Gasteiger partial charge < -0.3 is 45.6 Å². The Hall–Kier alpha value is -0.840. The number of phosphoric acid groups is 1. The van der Waals surface area contributed by atoms with Crippen molar-refractivity contribution in [2.45, 2.75) is 43.8 Å². The predicted molar refractivity (Wildman–Crippen MR) is 122 cm³/mol. The van der Waals surface area contributed by atoms with E-state index in [2.05, 4.69) is 9.51 Å². The van der Waals surface area contributed by atoms with Crippen molar-refractivity contribution in [1.29, 1.82) is 0 Å². The molecule has 0 radical (unpaired) electrons. The summed E-state index contributed by atoms with van der Waals surface area (Å²) in [5.41, 5.74) is 10.0. The number of aliphatic hydroxyl groups excluding tert-OH is 2. The third-order valence-electron chi connectivity index (χ3n) is 4.90. The molecule has 9 N–H and O–H groups in total. The lowest BCUT2D eigenvalue weighted by molar-refractivity contribution is -0.0539. The van der Waals surface area contributed by atoms with Crippen LogP contribution in [-0.2, 0) is 34.7 Å². The molecule has 0 spiro atoms. The number of nitrogen functional groups attached to an aromatic ring is 1. The molecule has 0 saturated carbocycles. The topological polar surface area (TPSA) is 242 Å². The summed E-state index contributed by atoms with van der Waals surface area (Å²) in [5.74, 6) is -0.428. The van der Waals surface area contributed by atoms with Crippen LogP contribution in [0, 0.1) is 5.92 Å². The van der Waals surface area contributed by atoms with Crippen LogP contribution in [0.2, 0.25) is 0 Å². The van der Waals surface area contributed by atoms with Gasteiger partial charge in [0.05, 0.1) is 13.2 Å². The molecule has 1 aliphatic heterocycles. The van der Waals surface area contributed by atoms with Gasteiger partial charge in [-0.25, -0.2) is 9.36 Å². The molecular formula is C16H30N4O11P2S. The molecule has 2 rings (SSSR count). The van der Waals surface area contributed by atoms with E-state index < -0.39 is 51.4 Å². The van der Waals surface area contributed by atoms with Gasteiger partial charge in [-0.3, -0.25) is 13.6 Å². The van der Waals surface area contributed by atoms with E-state index in [-0.39, 0.29) is 24.9 Å². The third kappa shape index (κ3) is 8.99. The SMILES string of the molecule is NCCCCC(CO)COP(O)(=S)OC1C(COP(=O)(O)O)O[C@@H](n2ccc(N)nc2=O)C1O. The first-order chi connectivity index (χ1) is 15.9. The summed E-state index contributed by atoms with van der Waals surface area (Å²) in [7, 11) is -4.93.